The van der Waals surface area contributed by atoms with Gasteiger partial charge >= 0.3 is 0 Å². The van der Waals surface area contributed by atoms with E-state index in [4.69, 9.17) is 4.74 Å². The Bertz CT molecular complexity index is 186. The molecule has 0 aromatic heterocycles. The SMILES string of the molecule is CC1CC(NCCN(C)C(C)C)CC(C)O1. The summed E-state index contributed by atoms with van der Waals surface area (Å²) in [6, 6.07) is 1.27. The molecule has 1 heterocycles. The molecule has 2 unspecified atom stereocenters. The van der Waals surface area contributed by atoms with Crippen LogP contribution in [0.15, 0.2) is 0 Å². The van der Waals surface area contributed by atoms with Crippen molar-refractivity contribution < 1.29 is 4.74 Å². The fourth-order valence-electron chi connectivity index (χ4n) is 2.28. The molecule has 0 aromatic carbocycles. The highest BCUT2D eigenvalue weighted by atomic mass is 16.5. The zero-order chi connectivity index (χ0) is 12.1. The number of rotatable bonds is 5. The third-order valence-corrected chi connectivity index (χ3v) is 3.48. The Balaban J connectivity index is 2.17. The van der Waals surface area contributed by atoms with Crippen molar-refractivity contribution in [2.75, 3.05) is 20.1 Å². The average Bonchev–Trinajstić information content (AvgIpc) is 2.15. The molecule has 2 atom stereocenters. The third kappa shape index (κ3) is 4.81. The van der Waals surface area contributed by atoms with Gasteiger partial charge in [0, 0.05) is 25.2 Å². The lowest BCUT2D eigenvalue weighted by Gasteiger charge is -2.33. The highest BCUT2D eigenvalue weighted by Gasteiger charge is 2.23. The van der Waals surface area contributed by atoms with E-state index in [1.165, 1.54) is 0 Å². The van der Waals surface area contributed by atoms with Gasteiger partial charge in [0.05, 0.1) is 12.2 Å². The van der Waals surface area contributed by atoms with Gasteiger partial charge in [-0.15, -0.1) is 0 Å². The number of hydrogen-bond acceptors (Lipinski definition) is 3. The van der Waals surface area contributed by atoms with Gasteiger partial charge in [0.15, 0.2) is 0 Å². The van der Waals surface area contributed by atoms with Crippen molar-refractivity contribution in [1.29, 1.82) is 0 Å². The predicted molar refractivity (Wildman–Crippen MR) is 68.8 cm³/mol. The highest BCUT2D eigenvalue weighted by molar-refractivity contribution is 4.78. The average molecular weight is 228 g/mol. The molecule has 0 bridgehead atoms. The molecule has 0 saturated carbocycles. The molecule has 1 rings (SSSR count). The van der Waals surface area contributed by atoms with Crippen molar-refractivity contribution in [3.63, 3.8) is 0 Å². The van der Waals surface area contributed by atoms with Crippen molar-refractivity contribution in [1.82, 2.24) is 10.2 Å². The number of nitrogens with one attached hydrogen (secondary N) is 1. The minimum atomic E-state index is 0.407. The van der Waals surface area contributed by atoms with E-state index in [0.717, 1.165) is 25.9 Å². The Labute approximate surface area is 101 Å². The number of likely N-dealkylation sites (N-methyl/N-ethyl adjacent to an activating group) is 1. The fraction of sp³-hybridized carbons (Fsp3) is 1.00. The Morgan fingerprint density at radius 2 is 1.81 bits per heavy atom. The quantitative estimate of drug-likeness (QED) is 0.777. The standard InChI is InChI=1S/C13H28N2O/c1-10(2)15(5)7-6-14-13-8-11(3)16-12(4)9-13/h10-14H,6-9H2,1-5H3. The Hall–Kier alpha value is -0.120. The largest absolute Gasteiger partial charge is 0.375 e. The van der Waals surface area contributed by atoms with Gasteiger partial charge in [0.1, 0.15) is 0 Å². The van der Waals surface area contributed by atoms with Crippen molar-refractivity contribution in [3.8, 4) is 0 Å². The summed E-state index contributed by atoms with van der Waals surface area (Å²) in [5.74, 6) is 0. The van der Waals surface area contributed by atoms with Crippen molar-refractivity contribution in [3.05, 3.63) is 0 Å². The first-order chi connectivity index (χ1) is 7.49. The van der Waals surface area contributed by atoms with E-state index in [1.54, 1.807) is 0 Å². The van der Waals surface area contributed by atoms with Crippen molar-refractivity contribution in [2.45, 2.75) is 64.8 Å². The summed E-state index contributed by atoms with van der Waals surface area (Å²) in [6.07, 6.45) is 3.11. The van der Waals surface area contributed by atoms with E-state index >= 15 is 0 Å². The monoisotopic (exact) mass is 228 g/mol. The first-order valence-electron chi connectivity index (χ1n) is 6.58. The number of nitrogens with zero attached hydrogens (tertiary/aromatic N) is 1. The highest BCUT2D eigenvalue weighted by Crippen LogP contribution is 2.18. The maximum Gasteiger partial charge on any atom is 0.0565 e. The van der Waals surface area contributed by atoms with Crippen LogP contribution in [0.4, 0.5) is 0 Å². The molecule has 0 radical (unpaired) electrons. The zero-order valence-corrected chi connectivity index (χ0v) is 11.5. The lowest BCUT2D eigenvalue weighted by Crippen LogP contribution is -2.44. The van der Waals surface area contributed by atoms with Crippen LogP contribution in [0.25, 0.3) is 0 Å². The summed E-state index contributed by atoms with van der Waals surface area (Å²) in [7, 11) is 2.18. The third-order valence-electron chi connectivity index (χ3n) is 3.48. The summed E-state index contributed by atoms with van der Waals surface area (Å²) < 4.78 is 5.73. The first-order valence-corrected chi connectivity index (χ1v) is 6.58. The zero-order valence-electron chi connectivity index (χ0n) is 11.5. The van der Waals surface area contributed by atoms with Gasteiger partial charge in [-0.1, -0.05) is 0 Å². The molecule has 16 heavy (non-hydrogen) atoms. The lowest BCUT2D eigenvalue weighted by molar-refractivity contribution is -0.0421. The van der Waals surface area contributed by atoms with Gasteiger partial charge in [-0.25, -0.2) is 0 Å². The van der Waals surface area contributed by atoms with Crippen LogP contribution in [0.5, 0.6) is 0 Å². The van der Waals surface area contributed by atoms with Crippen LogP contribution >= 0.6 is 0 Å². The van der Waals surface area contributed by atoms with E-state index in [0.29, 0.717) is 24.3 Å². The molecule has 3 heteroatoms. The summed E-state index contributed by atoms with van der Waals surface area (Å²) in [6.45, 7) is 11.0. The van der Waals surface area contributed by atoms with Gasteiger partial charge in [0.25, 0.3) is 0 Å². The first kappa shape index (κ1) is 13.9. The Kier molecular flexibility index (Phi) is 5.73. The summed E-state index contributed by atoms with van der Waals surface area (Å²) in [4.78, 5) is 2.37. The van der Waals surface area contributed by atoms with Crippen LogP contribution in [0, 0.1) is 0 Å². The molecule has 0 spiro atoms. The van der Waals surface area contributed by atoms with Crippen molar-refractivity contribution >= 4 is 0 Å². The molecule has 3 nitrogen and oxygen atoms in total. The Morgan fingerprint density at radius 1 is 1.25 bits per heavy atom. The van der Waals surface area contributed by atoms with Crippen LogP contribution < -0.4 is 5.32 Å². The van der Waals surface area contributed by atoms with Gasteiger partial charge in [-0.3, -0.25) is 0 Å². The van der Waals surface area contributed by atoms with E-state index in [9.17, 15) is 0 Å². The van der Waals surface area contributed by atoms with Crippen LogP contribution in [0.2, 0.25) is 0 Å². The summed E-state index contributed by atoms with van der Waals surface area (Å²) >= 11 is 0. The van der Waals surface area contributed by atoms with Gasteiger partial charge < -0.3 is 15.0 Å². The predicted octanol–water partition coefficient (Wildman–Crippen LogP) is 1.87. The molecule has 96 valence electrons. The van der Waals surface area contributed by atoms with E-state index < -0.39 is 0 Å². The normalized spacial score (nSPS) is 31.3. The molecule has 1 N–H and O–H groups in total. The molecular weight excluding hydrogens is 200 g/mol. The van der Waals surface area contributed by atoms with Crippen LogP contribution in [0.1, 0.15) is 40.5 Å². The lowest BCUT2D eigenvalue weighted by atomic mass is 10.00. The second-order valence-electron chi connectivity index (χ2n) is 5.45. The second-order valence-corrected chi connectivity index (χ2v) is 5.45. The van der Waals surface area contributed by atoms with Crippen LogP contribution in [-0.4, -0.2) is 49.3 Å². The Morgan fingerprint density at radius 3 is 2.31 bits per heavy atom. The smallest absolute Gasteiger partial charge is 0.0565 e. The van der Waals surface area contributed by atoms with Gasteiger partial charge in [0.2, 0.25) is 0 Å². The minimum Gasteiger partial charge on any atom is -0.375 e. The molecule has 1 saturated heterocycles. The van der Waals surface area contributed by atoms with Crippen molar-refractivity contribution in [2.24, 2.45) is 0 Å². The molecule has 0 amide bonds. The molecule has 1 aliphatic rings. The maximum absolute atomic E-state index is 5.73. The van der Waals surface area contributed by atoms with E-state index in [-0.39, 0.29) is 0 Å². The minimum absolute atomic E-state index is 0.407. The summed E-state index contributed by atoms with van der Waals surface area (Å²) in [5.41, 5.74) is 0. The molecule has 1 aliphatic heterocycles. The summed E-state index contributed by atoms with van der Waals surface area (Å²) in [5, 5.41) is 3.65. The topological polar surface area (TPSA) is 24.5 Å². The maximum atomic E-state index is 5.73. The molecular formula is C13H28N2O. The van der Waals surface area contributed by atoms with E-state index in [1.807, 2.05) is 0 Å². The fourth-order valence-corrected chi connectivity index (χ4v) is 2.28. The van der Waals surface area contributed by atoms with Crippen LogP contribution in [-0.2, 0) is 4.74 Å². The second kappa shape index (κ2) is 6.58. The number of ether oxygens (including phenoxy) is 1. The van der Waals surface area contributed by atoms with Crippen LogP contribution in [0.3, 0.4) is 0 Å². The van der Waals surface area contributed by atoms with Gasteiger partial charge in [-0.05, 0) is 47.6 Å². The molecule has 0 aliphatic carbocycles. The van der Waals surface area contributed by atoms with Gasteiger partial charge in [-0.2, -0.15) is 0 Å². The molecule has 1 fully saturated rings. The number of hydrogen-bond donors (Lipinski definition) is 1. The molecule has 0 aromatic rings. The van der Waals surface area contributed by atoms with E-state index in [2.05, 4.69) is 45.0 Å².